The summed E-state index contributed by atoms with van der Waals surface area (Å²) in [5, 5.41) is 7.07. The van der Waals surface area contributed by atoms with Crippen molar-refractivity contribution in [2.24, 2.45) is 0 Å². The van der Waals surface area contributed by atoms with E-state index < -0.39 is 7.14 Å². The number of hydrogen-bond donors (Lipinski definition) is 0. The van der Waals surface area contributed by atoms with Crippen molar-refractivity contribution in [3.63, 3.8) is 0 Å². The molecule has 0 aliphatic rings. The Hall–Kier alpha value is -5.62. The first kappa shape index (κ1) is 28.4. The Morgan fingerprint density at radius 3 is 1.88 bits per heavy atom. The number of furan rings is 2. The second-order valence-electron chi connectivity index (χ2n) is 12.7. The summed E-state index contributed by atoms with van der Waals surface area (Å²) in [6.07, 6.45) is 0. The molecule has 0 radical (unpaired) electrons. The van der Waals surface area contributed by atoms with Crippen molar-refractivity contribution in [2.45, 2.75) is 0 Å². The summed E-state index contributed by atoms with van der Waals surface area (Å²) in [6.45, 7) is 3.59. The van der Waals surface area contributed by atoms with E-state index in [1.165, 1.54) is 20.2 Å². The molecule has 0 saturated carbocycles. The van der Waals surface area contributed by atoms with Gasteiger partial charge in [0.25, 0.3) is 0 Å². The minimum absolute atomic E-state index is 0.534. The molecule has 0 spiro atoms. The number of benzene rings is 6. The van der Waals surface area contributed by atoms with Gasteiger partial charge in [0.1, 0.15) is 29.5 Å². The van der Waals surface area contributed by atoms with Gasteiger partial charge in [0, 0.05) is 63.7 Å². The predicted octanol–water partition coefficient (Wildman–Crippen LogP) is 11.3. The number of aromatic nitrogens is 3. The highest BCUT2D eigenvalue weighted by atomic mass is 32.1. The third kappa shape index (κ3) is 4.54. The van der Waals surface area contributed by atoms with E-state index in [-0.39, 0.29) is 0 Å². The van der Waals surface area contributed by atoms with Gasteiger partial charge in [-0.05, 0) is 80.1 Å². The zero-order valence-corrected chi connectivity index (χ0v) is 28.2. The lowest BCUT2D eigenvalue weighted by Gasteiger charge is -2.09. The molecule has 4 heterocycles. The summed E-state index contributed by atoms with van der Waals surface area (Å²) in [6, 6.07) is 40.8. The number of hydrogen-bond acceptors (Lipinski definition) is 7. The van der Waals surface area contributed by atoms with Crippen LogP contribution in [0, 0.1) is 0 Å². The van der Waals surface area contributed by atoms with E-state index in [1.54, 1.807) is 24.7 Å². The third-order valence-electron chi connectivity index (χ3n) is 9.22. The van der Waals surface area contributed by atoms with Gasteiger partial charge in [-0.1, -0.05) is 54.6 Å². The Kier molecular flexibility index (Phi) is 6.05. The second kappa shape index (κ2) is 10.4. The molecule has 0 unspecified atom stereocenters. The Morgan fingerprint density at radius 2 is 1.08 bits per heavy atom. The van der Waals surface area contributed by atoms with Gasteiger partial charge in [-0.3, -0.25) is 0 Å². The highest BCUT2D eigenvalue weighted by Crippen LogP contribution is 2.42. The zero-order valence-electron chi connectivity index (χ0n) is 26.5. The fourth-order valence-electron chi connectivity index (χ4n) is 6.89. The van der Waals surface area contributed by atoms with E-state index in [0.29, 0.717) is 28.6 Å². The lowest BCUT2D eigenvalue weighted by atomic mass is 10.1. The monoisotopic (exact) mass is 671 g/mol. The Bertz CT molecular complexity index is 2890. The molecule has 234 valence electrons. The second-order valence-corrected chi connectivity index (χ2v) is 17.0. The van der Waals surface area contributed by atoms with Crippen molar-refractivity contribution >= 4 is 87.8 Å². The first-order valence-corrected chi connectivity index (χ1v) is 19.4. The summed E-state index contributed by atoms with van der Waals surface area (Å²) >= 11 is 1.78. The van der Waals surface area contributed by atoms with Crippen LogP contribution in [-0.2, 0) is 4.57 Å². The van der Waals surface area contributed by atoms with Gasteiger partial charge in [0.2, 0.25) is 0 Å². The van der Waals surface area contributed by atoms with Crippen LogP contribution >= 0.6 is 18.5 Å². The van der Waals surface area contributed by atoms with Gasteiger partial charge in [-0.2, -0.15) is 0 Å². The Balaban J connectivity index is 1.19. The zero-order chi connectivity index (χ0) is 32.9. The van der Waals surface area contributed by atoms with Crippen molar-refractivity contribution in [1.82, 2.24) is 15.0 Å². The van der Waals surface area contributed by atoms with Crippen LogP contribution < -0.4 is 5.30 Å². The number of para-hydroxylation sites is 1. The molecule has 6 aromatic carbocycles. The van der Waals surface area contributed by atoms with Crippen molar-refractivity contribution in [1.29, 1.82) is 0 Å². The topological polar surface area (TPSA) is 82.0 Å². The fraction of sp³-hybridized carbons (Fsp3) is 0.0488. The van der Waals surface area contributed by atoms with Crippen LogP contribution in [0.1, 0.15) is 0 Å². The minimum atomic E-state index is -2.54. The molecular formula is C41H26N3O3PS. The first-order chi connectivity index (χ1) is 23.9. The van der Waals surface area contributed by atoms with Crippen LogP contribution in [0.4, 0.5) is 0 Å². The van der Waals surface area contributed by atoms with Crippen LogP contribution in [0.3, 0.4) is 0 Å². The molecule has 4 aromatic heterocycles. The Labute approximate surface area is 284 Å². The molecule has 0 fully saturated rings. The van der Waals surface area contributed by atoms with Gasteiger partial charge in [-0.25, -0.2) is 15.0 Å². The van der Waals surface area contributed by atoms with Gasteiger partial charge in [0.05, 0.1) is 0 Å². The van der Waals surface area contributed by atoms with Gasteiger partial charge >= 0.3 is 0 Å². The fourth-order valence-corrected chi connectivity index (χ4v) is 9.19. The van der Waals surface area contributed by atoms with E-state index in [9.17, 15) is 4.57 Å². The van der Waals surface area contributed by atoms with E-state index in [4.69, 9.17) is 23.8 Å². The molecule has 8 heteroatoms. The SMILES string of the molecule is CP(C)(=O)c1cccc2oc3cc(-c4nc(-c5ccc6oc7ccccc7c6c5)nc(-c5ccc6sc7ccccc7c6c5)n4)ccc3c12. The highest BCUT2D eigenvalue weighted by molar-refractivity contribution is 7.70. The maximum atomic E-state index is 13.2. The smallest absolute Gasteiger partial charge is 0.164 e. The van der Waals surface area contributed by atoms with Gasteiger partial charge < -0.3 is 13.4 Å². The normalized spacial score (nSPS) is 12.4. The lowest BCUT2D eigenvalue weighted by molar-refractivity contribution is 0.588. The van der Waals surface area contributed by atoms with Crippen LogP contribution in [0.15, 0.2) is 130 Å². The lowest BCUT2D eigenvalue weighted by Crippen LogP contribution is -2.03. The van der Waals surface area contributed by atoms with E-state index in [2.05, 4.69) is 54.6 Å². The molecule has 0 amide bonds. The predicted molar refractivity (Wildman–Crippen MR) is 203 cm³/mol. The molecule has 10 aromatic rings. The van der Waals surface area contributed by atoms with E-state index in [1.807, 2.05) is 66.7 Å². The molecule has 0 aliphatic carbocycles. The average Bonchev–Trinajstić information content (AvgIpc) is 3.81. The summed E-state index contributed by atoms with van der Waals surface area (Å²) in [4.78, 5) is 15.2. The number of fused-ring (bicyclic) bond motifs is 9. The summed E-state index contributed by atoms with van der Waals surface area (Å²) in [5.41, 5.74) is 5.62. The standard InChI is InChI=1S/C41H26N3O3PS/c1-48(2,45)35-12-7-11-33-38(35)28-17-14-25(22-34(28)47-33)41-43-39(23-15-18-32-29(20-23)26-8-3-5-10-31(26)46-32)42-40(44-41)24-16-19-37-30(21-24)27-9-4-6-13-36(27)49-37/h3-22H,1-2H3. The molecule has 49 heavy (non-hydrogen) atoms. The molecular weight excluding hydrogens is 646 g/mol. The van der Waals surface area contributed by atoms with Crippen molar-refractivity contribution in [2.75, 3.05) is 13.3 Å². The number of thiophene rings is 1. The number of nitrogens with zero attached hydrogens (tertiary/aromatic N) is 3. The summed E-state index contributed by atoms with van der Waals surface area (Å²) in [7, 11) is -2.54. The third-order valence-corrected chi connectivity index (χ3v) is 11.9. The highest BCUT2D eigenvalue weighted by Gasteiger charge is 2.21. The first-order valence-electron chi connectivity index (χ1n) is 16.0. The van der Waals surface area contributed by atoms with Gasteiger partial charge in [-0.15, -0.1) is 11.3 Å². The maximum absolute atomic E-state index is 13.2. The number of rotatable bonds is 4. The molecule has 0 bridgehead atoms. The van der Waals surface area contributed by atoms with Crippen LogP contribution in [-0.4, -0.2) is 28.3 Å². The van der Waals surface area contributed by atoms with Crippen molar-refractivity contribution in [3.8, 4) is 34.2 Å². The molecule has 0 saturated heterocycles. The van der Waals surface area contributed by atoms with Crippen LogP contribution in [0.2, 0.25) is 0 Å². The minimum Gasteiger partial charge on any atom is -0.456 e. The van der Waals surface area contributed by atoms with Crippen LogP contribution in [0.5, 0.6) is 0 Å². The van der Waals surface area contributed by atoms with Crippen molar-refractivity contribution < 1.29 is 13.4 Å². The van der Waals surface area contributed by atoms with Gasteiger partial charge in [0.15, 0.2) is 17.5 Å². The average molecular weight is 672 g/mol. The Morgan fingerprint density at radius 1 is 0.490 bits per heavy atom. The molecule has 10 rings (SSSR count). The molecule has 6 nitrogen and oxygen atoms in total. The van der Waals surface area contributed by atoms with E-state index in [0.717, 1.165) is 54.7 Å². The molecule has 0 N–H and O–H groups in total. The van der Waals surface area contributed by atoms with E-state index >= 15 is 0 Å². The summed E-state index contributed by atoms with van der Waals surface area (Å²) < 4.78 is 28.1. The summed E-state index contributed by atoms with van der Waals surface area (Å²) in [5.74, 6) is 1.68. The molecule has 0 atom stereocenters. The maximum Gasteiger partial charge on any atom is 0.164 e. The molecule has 0 aliphatic heterocycles. The largest absolute Gasteiger partial charge is 0.456 e. The van der Waals surface area contributed by atoms with Crippen molar-refractivity contribution in [3.05, 3.63) is 121 Å². The quantitative estimate of drug-likeness (QED) is 0.173. The van der Waals surface area contributed by atoms with Crippen LogP contribution in [0.25, 0.3) is 98.2 Å².